The van der Waals surface area contributed by atoms with Crippen LogP contribution in [0.3, 0.4) is 0 Å². The third-order valence-corrected chi connectivity index (χ3v) is 10.2. The van der Waals surface area contributed by atoms with Crippen LogP contribution in [0.5, 0.6) is 5.75 Å². The molecule has 9 rings (SSSR count). The molecule has 0 bridgehead atoms. The van der Waals surface area contributed by atoms with Crippen molar-refractivity contribution in [1.82, 2.24) is 0 Å². The molecule has 0 spiro atoms. The topological polar surface area (TPSA) is 15.7 Å². The molecule has 0 N–H and O–H groups in total. The summed E-state index contributed by atoms with van der Waals surface area (Å²) in [4.78, 5) is 4.27. The summed E-state index contributed by atoms with van der Waals surface area (Å²) in [6, 6.07) is 41.1. The Morgan fingerprint density at radius 2 is 0.940 bits per heavy atom. The standard InChI is InChI=1S/C43H32BF3N2O/c1-25-13-15-29-19-34-38(21-31(29)17-25)48(36-11-7-5-9-27(36)3)40-23-33(50-43(45,46)47)24-41-42(40)44(34)35-20-30-16-14-26(2)18-32(30)22-39(35)49(41)37-12-8-6-10-28(37)4/h5-24H,1-4H3. The van der Waals surface area contributed by atoms with E-state index in [1.165, 1.54) is 0 Å². The van der Waals surface area contributed by atoms with E-state index in [1.54, 1.807) is 12.1 Å². The number of ether oxygens (including phenoxy) is 1. The number of nitrogens with zero attached hydrogens (tertiary/aromatic N) is 2. The summed E-state index contributed by atoms with van der Waals surface area (Å²) in [7, 11) is 0. The van der Waals surface area contributed by atoms with Crippen LogP contribution in [0.15, 0.2) is 121 Å². The molecule has 7 heteroatoms. The van der Waals surface area contributed by atoms with Crippen LogP contribution in [0.4, 0.5) is 47.3 Å². The first kappa shape index (κ1) is 30.4. The number of hydrogen-bond acceptors (Lipinski definition) is 3. The van der Waals surface area contributed by atoms with Gasteiger partial charge in [-0.2, -0.15) is 0 Å². The van der Waals surface area contributed by atoms with Crippen molar-refractivity contribution in [3.63, 3.8) is 0 Å². The lowest BCUT2D eigenvalue weighted by Gasteiger charge is -2.45. The summed E-state index contributed by atoms with van der Waals surface area (Å²) >= 11 is 0. The van der Waals surface area contributed by atoms with Crippen LogP contribution in [0, 0.1) is 27.7 Å². The highest BCUT2D eigenvalue weighted by molar-refractivity contribution is 7.00. The predicted molar refractivity (Wildman–Crippen MR) is 201 cm³/mol. The minimum atomic E-state index is -4.87. The first-order valence-electron chi connectivity index (χ1n) is 16.8. The van der Waals surface area contributed by atoms with Gasteiger partial charge in [-0.05, 0) is 101 Å². The molecule has 7 aromatic carbocycles. The van der Waals surface area contributed by atoms with E-state index in [2.05, 4.69) is 84.3 Å². The maximum absolute atomic E-state index is 14.1. The smallest absolute Gasteiger partial charge is 0.406 e. The lowest BCUT2D eigenvalue weighted by atomic mass is 9.33. The average molecular weight is 661 g/mol. The molecule has 0 atom stereocenters. The minimum Gasteiger partial charge on any atom is -0.406 e. The van der Waals surface area contributed by atoms with Crippen molar-refractivity contribution < 1.29 is 17.9 Å². The zero-order valence-corrected chi connectivity index (χ0v) is 28.1. The summed E-state index contributed by atoms with van der Waals surface area (Å²) in [6.45, 7) is 7.97. The van der Waals surface area contributed by atoms with Crippen molar-refractivity contribution in [2.75, 3.05) is 9.80 Å². The third-order valence-electron chi connectivity index (χ3n) is 10.2. The summed E-state index contributed by atoms with van der Waals surface area (Å²) in [5, 5.41) is 4.36. The number of hydrogen-bond donors (Lipinski definition) is 0. The molecule has 0 radical (unpaired) electrons. The molecule has 50 heavy (non-hydrogen) atoms. The van der Waals surface area contributed by atoms with Gasteiger partial charge in [0.1, 0.15) is 5.75 Å². The van der Waals surface area contributed by atoms with Crippen LogP contribution < -0.4 is 30.9 Å². The van der Waals surface area contributed by atoms with Crippen LogP contribution in [0.25, 0.3) is 21.5 Å². The second kappa shape index (κ2) is 10.9. The zero-order valence-electron chi connectivity index (χ0n) is 28.1. The molecule has 0 unspecified atom stereocenters. The molecule has 2 heterocycles. The van der Waals surface area contributed by atoms with E-state index in [0.29, 0.717) is 11.4 Å². The fourth-order valence-electron chi connectivity index (χ4n) is 8.04. The first-order chi connectivity index (χ1) is 24.0. The summed E-state index contributed by atoms with van der Waals surface area (Å²) in [6.07, 6.45) is -4.87. The van der Waals surface area contributed by atoms with Crippen molar-refractivity contribution in [2.24, 2.45) is 0 Å². The lowest BCUT2D eigenvalue weighted by molar-refractivity contribution is -0.274. The van der Waals surface area contributed by atoms with Crippen molar-refractivity contribution in [3.8, 4) is 5.75 Å². The Kier molecular flexibility index (Phi) is 6.63. The highest BCUT2D eigenvalue weighted by atomic mass is 19.4. The normalized spacial score (nSPS) is 13.4. The van der Waals surface area contributed by atoms with Crippen molar-refractivity contribution >= 4 is 78.8 Å². The number of benzene rings is 7. The summed E-state index contributed by atoms with van der Waals surface area (Å²) in [5.41, 5.74) is 12.4. The van der Waals surface area contributed by atoms with Gasteiger partial charge in [0.15, 0.2) is 0 Å². The first-order valence-corrected chi connectivity index (χ1v) is 16.8. The van der Waals surface area contributed by atoms with Gasteiger partial charge in [-0.25, -0.2) is 0 Å². The van der Waals surface area contributed by atoms with E-state index in [0.717, 1.165) is 82.9 Å². The van der Waals surface area contributed by atoms with E-state index in [-0.39, 0.29) is 12.5 Å². The van der Waals surface area contributed by atoms with Gasteiger partial charge in [0.05, 0.1) is 0 Å². The highest BCUT2D eigenvalue weighted by Gasteiger charge is 2.45. The number of fused-ring (bicyclic) bond motifs is 6. The number of aryl methyl sites for hydroxylation is 4. The maximum atomic E-state index is 14.1. The molecular formula is C43H32BF3N2O. The monoisotopic (exact) mass is 660 g/mol. The Morgan fingerprint density at radius 1 is 0.480 bits per heavy atom. The van der Waals surface area contributed by atoms with Gasteiger partial charge in [0.25, 0.3) is 6.71 Å². The van der Waals surface area contributed by atoms with Crippen LogP contribution in [-0.4, -0.2) is 13.1 Å². The van der Waals surface area contributed by atoms with Crippen molar-refractivity contribution in [3.05, 3.63) is 144 Å². The molecule has 0 saturated heterocycles. The molecular weight excluding hydrogens is 628 g/mol. The Bertz CT molecular complexity index is 2380. The number of para-hydroxylation sites is 2. The van der Waals surface area contributed by atoms with Crippen LogP contribution >= 0.6 is 0 Å². The minimum absolute atomic E-state index is 0.262. The Labute approximate surface area is 289 Å². The Balaban J connectivity index is 1.46. The quantitative estimate of drug-likeness (QED) is 0.176. The van der Waals surface area contributed by atoms with Crippen molar-refractivity contribution in [2.45, 2.75) is 34.1 Å². The van der Waals surface area contributed by atoms with Gasteiger partial charge in [0, 0.05) is 46.3 Å². The van der Waals surface area contributed by atoms with Crippen LogP contribution in [-0.2, 0) is 0 Å². The number of anilines is 6. The van der Waals surface area contributed by atoms with E-state index in [1.807, 2.05) is 62.4 Å². The van der Waals surface area contributed by atoms with Gasteiger partial charge in [-0.15, -0.1) is 13.2 Å². The zero-order chi connectivity index (χ0) is 34.5. The second-order valence-corrected chi connectivity index (χ2v) is 13.6. The number of halogens is 3. The molecule has 3 nitrogen and oxygen atoms in total. The fourth-order valence-corrected chi connectivity index (χ4v) is 8.04. The third kappa shape index (κ3) is 4.75. The molecule has 2 aliphatic heterocycles. The molecule has 2 aliphatic rings. The van der Waals surface area contributed by atoms with Gasteiger partial charge in [-0.3, -0.25) is 0 Å². The predicted octanol–water partition coefficient (Wildman–Crippen LogP) is 10.2. The van der Waals surface area contributed by atoms with E-state index in [9.17, 15) is 13.2 Å². The van der Waals surface area contributed by atoms with E-state index in [4.69, 9.17) is 4.74 Å². The average Bonchev–Trinajstić information content (AvgIpc) is 3.07. The van der Waals surface area contributed by atoms with Crippen LogP contribution in [0.1, 0.15) is 22.3 Å². The van der Waals surface area contributed by atoms with Crippen LogP contribution in [0.2, 0.25) is 0 Å². The summed E-state index contributed by atoms with van der Waals surface area (Å²) < 4.78 is 47.2. The number of alkyl halides is 3. The molecule has 7 aromatic rings. The Morgan fingerprint density at radius 3 is 1.38 bits per heavy atom. The highest BCUT2D eigenvalue weighted by Crippen LogP contribution is 2.48. The molecule has 0 saturated carbocycles. The largest absolute Gasteiger partial charge is 0.573 e. The molecule has 244 valence electrons. The SMILES string of the molecule is Cc1ccc2cc3c(cc2c1)N(c1ccccc1C)c1cc(OC(F)(F)F)cc2c1B3c1cc3ccc(C)cc3cc1N2c1ccccc1C. The lowest BCUT2D eigenvalue weighted by Crippen LogP contribution is -2.61. The van der Waals surface area contributed by atoms with E-state index < -0.39 is 6.36 Å². The fraction of sp³-hybridized carbons (Fsp3) is 0.116. The van der Waals surface area contributed by atoms with Gasteiger partial charge in [-0.1, -0.05) is 96.1 Å². The van der Waals surface area contributed by atoms with E-state index >= 15 is 0 Å². The molecule has 0 aliphatic carbocycles. The van der Waals surface area contributed by atoms with Gasteiger partial charge < -0.3 is 14.5 Å². The van der Waals surface area contributed by atoms with Gasteiger partial charge >= 0.3 is 6.36 Å². The number of rotatable bonds is 3. The second-order valence-electron chi connectivity index (χ2n) is 13.6. The molecule has 0 aromatic heterocycles. The van der Waals surface area contributed by atoms with Gasteiger partial charge in [0.2, 0.25) is 0 Å². The molecule has 0 amide bonds. The van der Waals surface area contributed by atoms with Crippen molar-refractivity contribution in [1.29, 1.82) is 0 Å². The molecule has 0 fully saturated rings. The Hall–Kier alpha value is -5.69. The maximum Gasteiger partial charge on any atom is 0.573 e. The summed E-state index contributed by atoms with van der Waals surface area (Å²) in [5.74, 6) is -0.262.